The number of benzene rings is 1. The zero-order valence-corrected chi connectivity index (χ0v) is 17.0. The molecule has 148 valence electrons. The highest BCUT2D eigenvalue weighted by molar-refractivity contribution is 5.99. The predicted octanol–water partition coefficient (Wildman–Crippen LogP) is 3.72. The summed E-state index contributed by atoms with van der Waals surface area (Å²) in [6.45, 7) is 9.12. The van der Waals surface area contributed by atoms with Crippen molar-refractivity contribution in [2.24, 2.45) is 5.92 Å². The number of piperidine rings is 1. The van der Waals surface area contributed by atoms with Crippen LogP contribution in [0.4, 0.5) is 0 Å². The molecule has 1 atom stereocenters. The van der Waals surface area contributed by atoms with E-state index in [1.54, 1.807) is 11.8 Å². The van der Waals surface area contributed by atoms with Gasteiger partial charge in [0.1, 0.15) is 5.56 Å². The van der Waals surface area contributed by atoms with Crippen LogP contribution in [-0.4, -0.2) is 34.7 Å². The highest BCUT2D eigenvalue weighted by atomic mass is 16.2. The molecule has 1 N–H and O–H groups in total. The Morgan fingerprint density at radius 3 is 2.43 bits per heavy atom. The molecule has 0 saturated carbocycles. The third-order valence-corrected chi connectivity index (χ3v) is 5.40. The Bertz CT molecular complexity index is 936. The SMILES string of the molecule is Cc1cc(=O)c(C(=O)N2CCCC(C(=O)c3ccc(C(C)(C)C)cc3)C2)c[nH]1. The molecule has 1 aromatic heterocycles. The molecule has 3 rings (SSSR count). The van der Waals surface area contributed by atoms with E-state index in [9.17, 15) is 14.4 Å². The fourth-order valence-electron chi connectivity index (χ4n) is 3.66. The highest BCUT2D eigenvalue weighted by Gasteiger charge is 2.30. The smallest absolute Gasteiger partial charge is 0.259 e. The van der Waals surface area contributed by atoms with E-state index in [4.69, 9.17) is 0 Å². The van der Waals surface area contributed by atoms with Crippen molar-refractivity contribution in [1.82, 2.24) is 9.88 Å². The Kier molecular flexibility index (Phi) is 5.54. The first-order valence-corrected chi connectivity index (χ1v) is 9.80. The van der Waals surface area contributed by atoms with Crippen LogP contribution in [0, 0.1) is 12.8 Å². The lowest BCUT2D eigenvalue weighted by Crippen LogP contribution is -2.43. The summed E-state index contributed by atoms with van der Waals surface area (Å²) in [6.07, 6.45) is 2.98. The summed E-state index contributed by atoms with van der Waals surface area (Å²) in [6, 6.07) is 9.20. The first kappa shape index (κ1) is 20.1. The summed E-state index contributed by atoms with van der Waals surface area (Å²) in [4.78, 5) is 42.5. The number of nitrogens with zero attached hydrogens (tertiary/aromatic N) is 1. The standard InChI is InChI=1S/C23H28N2O3/c1-15-12-20(26)19(13-24-15)22(28)25-11-5-6-17(14-25)21(27)16-7-9-18(10-8-16)23(2,3)4/h7-10,12-13,17H,5-6,11,14H2,1-4H3,(H,24,26). The number of pyridine rings is 1. The van der Waals surface area contributed by atoms with E-state index in [0.29, 0.717) is 24.3 Å². The maximum atomic E-state index is 13.0. The van der Waals surface area contributed by atoms with Crippen LogP contribution < -0.4 is 5.43 Å². The Morgan fingerprint density at radius 2 is 1.82 bits per heavy atom. The third kappa shape index (κ3) is 4.24. The Balaban J connectivity index is 1.74. The van der Waals surface area contributed by atoms with E-state index >= 15 is 0 Å². The number of nitrogens with one attached hydrogen (secondary N) is 1. The van der Waals surface area contributed by atoms with E-state index in [1.807, 2.05) is 24.3 Å². The van der Waals surface area contributed by atoms with E-state index < -0.39 is 0 Å². The van der Waals surface area contributed by atoms with E-state index in [2.05, 4.69) is 25.8 Å². The number of ketones is 1. The fourth-order valence-corrected chi connectivity index (χ4v) is 3.66. The summed E-state index contributed by atoms with van der Waals surface area (Å²) < 4.78 is 0. The molecule has 1 unspecified atom stereocenters. The first-order chi connectivity index (χ1) is 13.2. The molecule has 2 heterocycles. The molecule has 0 aliphatic carbocycles. The van der Waals surface area contributed by atoms with Crippen LogP contribution in [0.2, 0.25) is 0 Å². The quantitative estimate of drug-likeness (QED) is 0.825. The van der Waals surface area contributed by atoms with E-state index in [-0.39, 0.29) is 34.0 Å². The number of carbonyl (C=O) groups is 2. The van der Waals surface area contributed by atoms with Crippen LogP contribution in [0.25, 0.3) is 0 Å². The van der Waals surface area contributed by atoms with Gasteiger partial charge in [0.2, 0.25) is 0 Å². The second kappa shape index (κ2) is 7.74. The van der Waals surface area contributed by atoms with Gasteiger partial charge in [-0.1, -0.05) is 45.0 Å². The van der Waals surface area contributed by atoms with E-state index in [1.165, 1.54) is 17.8 Å². The molecule has 1 fully saturated rings. The van der Waals surface area contributed by atoms with Crippen molar-refractivity contribution in [2.45, 2.75) is 46.0 Å². The minimum absolute atomic E-state index is 0.0384. The third-order valence-electron chi connectivity index (χ3n) is 5.40. The van der Waals surface area contributed by atoms with Crippen LogP contribution in [0.1, 0.15) is 65.6 Å². The average molecular weight is 380 g/mol. The van der Waals surface area contributed by atoms with Gasteiger partial charge < -0.3 is 9.88 Å². The number of hydrogen-bond donors (Lipinski definition) is 1. The molecule has 1 saturated heterocycles. The highest BCUT2D eigenvalue weighted by Crippen LogP contribution is 2.25. The molecule has 0 bridgehead atoms. The molecule has 1 amide bonds. The number of amides is 1. The Labute approximate surface area is 165 Å². The van der Waals surface area contributed by atoms with Gasteiger partial charge >= 0.3 is 0 Å². The minimum atomic E-state index is -0.304. The molecular formula is C23H28N2O3. The number of likely N-dealkylation sites (tertiary alicyclic amines) is 1. The summed E-state index contributed by atoms with van der Waals surface area (Å²) >= 11 is 0. The number of aromatic amines is 1. The number of aryl methyl sites for hydroxylation is 1. The number of hydrogen-bond acceptors (Lipinski definition) is 3. The van der Waals surface area contributed by atoms with Crippen LogP contribution in [0.3, 0.4) is 0 Å². The molecule has 1 aliphatic rings. The first-order valence-electron chi connectivity index (χ1n) is 9.80. The Morgan fingerprint density at radius 1 is 1.14 bits per heavy atom. The van der Waals surface area contributed by atoms with Gasteiger partial charge in [-0.25, -0.2) is 0 Å². The summed E-state index contributed by atoms with van der Waals surface area (Å²) in [5.74, 6) is -0.472. The van der Waals surface area contributed by atoms with Gasteiger partial charge in [-0.15, -0.1) is 0 Å². The zero-order valence-electron chi connectivity index (χ0n) is 17.0. The van der Waals surface area contributed by atoms with Crippen molar-refractivity contribution in [3.63, 3.8) is 0 Å². The van der Waals surface area contributed by atoms with Crippen LogP contribution >= 0.6 is 0 Å². The maximum Gasteiger partial charge on any atom is 0.259 e. The van der Waals surface area contributed by atoms with Crippen molar-refractivity contribution >= 4 is 11.7 Å². The lowest BCUT2D eigenvalue weighted by Gasteiger charge is -2.32. The van der Waals surface area contributed by atoms with Crippen LogP contribution in [0.15, 0.2) is 41.3 Å². The largest absolute Gasteiger partial charge is 0.364 e. The number of H-pyrrole nitrogens is 1. The lowest BCUT2D eigenvalue weighted by molar-refractivity contribution is 0.0635. The molecular weight excluding hydrogens is 352 g/mol. The predicted molar refractivity (Wildman–Crippen MR) is 110 cm³/mol. The van der Waals surface area contributed by atoms with E-state index in [0.717, 1.165) is 12.8 Å². The van der Waals surface area contributed by atoms with Gasteiger partial charge in [-0.05, 0) is 30.7 Å². The molecule has 2 aromatic rings. The number of aromatic nitrogens is 1. The maximum absolute atomic E-state index is 13.0. The molecule has 5 heteroatoms. The molecule has 1 aliphatic heterocycles. The van der Waals surface area contributed by atoms with Gasteiger partial charge in [-0.3, -0.25) is 14.4 Å². The fraction of sp³-hybridized carbons (Fsp3) is 0.435. The zero-order chi connectivity index (χ0) is 20.5. The average Bonchev–Trinajstić information content (AvgIpc) is 2.66. The normalized spacial score (nSPS) is 17.4. The molecule has 0 radical (unpaired) electrons. The number of Topliss-reactive ketones (excluding diaryl/α,β-unsaturated/α-hetero) is 1. The summed E-state index contributed by atoms with van der Waals surface area (Å²) in [7, 11) is 0. The van der Waals surface area contributed by atoms with Gasteiger partial charge in [0, 0.05) is 42.5 Å². The van der Waals surface area contributed by atoms with Gasteiger partial charge in [0.25, 0.3) is 5.91 Å². The van der Waals surface area contributed by atoms with Crippen LogP contribution in [0.5, 0.6) is 0 Å². The van der Waals surface area contributed by atoms with Crippen LogP contribution in [-0.2, 0) is 5.41 Å². The molecule has 1 aromatic carbocycles. The van der Waals surface area contributed by atoms with Gasteiger partial charge in [0.15, 0.2) is 11.2 Å². The number of carbonyl (C=O) groups excluding carboxylic acids is 2. The van der Waals surface area contributed by atoms with Gasteiger partial charge in [-0.2, -0.15) is 0 Å². The molecule has 28 heavy (non-hydrogen) atoms. The Hall–Kier alpha value is -2.69. The van der Waals surface area contributed by atoms with Crippen molar-refractivity contribution in [3.05, 3.63) is 69.1 Å². The number of rotatable bonds is 3. The monoisotopic (exact) mass is 380 g/mol. The van der Waals surface area contributed by atoms with Crippen molar-refractivity contribution < 1.29 is 9.59 Å². The molecule has 0 spiro atoms. The lowest BCUT2D eigenvalue weighted by atomic mass is 9.85. The van der Waals surface area contributed by atoms with Crippen molar-refractivity contribution in [2.75, 3.05) is 13.1 Å². The second-order valence-electron chi connectivity index (χ2n) is 8.68. The van der Waals surface area contributed by atoms with Gasteiger partial charge in [0.05, 0.1) is 0 Å². The minimum Gasteiger partial charge on any atom is -0.364 e. The van der Waals surface area contributed by atoms with Crippen molar-refractivity contribution in [3.8, 4) is 0 Å². The summed E-state index contributed by atoms with van der Waals surface area (Å²) in [5, 5.41) is 0. The van der Waals surface area contributed by atoms with Crippen molar-refractivity contribution in [1.29, 1.82) is 0 Å². The summed E-state index contributed by atoms with van der Waals surface area (Å²) in [5.41, 5.74) is 2.47. The molecule has 5 nitrogen and oxygen atoms in total. The topological polar surface area (TPSA) is 70.2 Å². The second-order valence-corrected chi connectivity index (χ2v) is 8.68.